The van der Waals surface area contributed by atoms with E-state index < -0.39 is 0 Å². The van der Waals surface area contributed by atoms with Crippen LogP contribution in [0.3, 0.4) is 0 Å². The van der Waals surface area contributed by atoms with Crippen LogP contribution in [0.2, 0.25) is 0 Å². The maximum Gasteiger partial charge on any atom is 0.292 e. The number of fused-ring (bicyclic) bond motifs is 1. The second kappa shape index (κ2) is 13.3. The number of benzene rings is 1. The second-order valence-corrected chi connectivity index (χ2v) is 10.3. The summed E-state index contributed by atoms with van der Waals surface area (Å²) in [7, 11) is 1.53. The van der Waals surface area contributed by atoms with Crippen LogP contribution in [0.4, 0.5) is 5.69 Å². The number of carbonyl (C=O) groups is 2. The van der Waals surface area contributed by atoms with Crippen LogP contribution in [0.1, 0.15) is 67.8 Å². The van der Waals surface area contributed by atoms with Gasteiger partial charge in [0.05, 0.1) is 5.69 Å². The molecule has 0 saturated heterocycles. The van der Waals surface area contributed by atoms with Gasteiger partial charge in [-0.3, -0.25) is 14.6 Å². The number of hydrogen-bond acceptors (Lipinski definition) is 6. The third kappa shape index (κ3) is 7.07. The van der Waals surface area contributed by atoms with Crippen LogP contribution < -0.4 is 4.90 Å². The molecule has 0 fully saturated rings. The molecule has 1 aliphatic heterocycles. The average Bonchev–Trinajstić information content (AvgIpc) is 3.37. The van der Waals surface area contributed by atoms with Gasteiger partial charge in [0.25, 0.3) is 11.8 Å². The number of pyridine rings is 1. The average molecular weight is 519 g/mol. The predicted octanol–water partition coefficient (Wildman–Crippen LogP) is 5.52. The van der Waals surface area contributed by atoms with Crippen LogP contribution in [-0.2, 0) is 22.5 Å². The molecular weight excluding hydrogens is 480 g/mol. The molecule has 3 aromatic rings. The number of ether oxygens (including phenoxy) is 1. The van der Waals surface area contributed by atoms with E-state index in [9.17, 15) is 9.59 Å². The Kier molecular flexibility index (Phi) is 9.65. The van der Waals surface area contributed by atoms with Gasteiger partial charge < -0.3 is 19.1 Å². The molecule has 0 saturated carbocycles. The fourth-order valence-corrected chi connectivity index (χ4v) is 4.91. The summed E-state index contributed by atoms with van der Waals surface area (Å²) in [4.78, 5) is 34.7. The Balaban J connectivity index is 1.74. The van der Waals surface area contributed by atoms with Gasteiger partial charge >= 0.3 is 0 Å². The lowest BCUT2D eigenvalue weighted by atomic mass is 10.0. The standard InChI is InChI=1S/C30H38N4O4/c1-22(2)16-26-18-28(38-32-26)30(36)33-14-7-5-4-6-8-15-34(29(35)21-37-3)27-12-11-23(17-25(27)20-33)24-10-9-13-31-19-24/h9-13,17-19,22H,4-8,14-16,20-21H2,1-3H3. The number of anilines is 1. The SMILES string of the molecule is COCC(=O)N1CCCCCCCN(C(=O)c2cc(CC(C)C)no2)Cc2cc(-c3cccnc3)ccc21. The summed E-state index contributed by atoms with van der Waals surface area (Å²) in [6.45, 7) is 5.78. The smallest absolute Gasteiger partial charge is 0.292 e. The number of hydrogen-bond donors (Lipinski definition) is 0. The van der Waals surface area contributed by atoms with Crippen LogP contribution in [0, 0.1) is 5.92 Å². The number of aromatic nitrogens is 2. The Labute approximate surface area is 225 Å². The summed E-state index contributed by atoms with van der Waals surface area (Å²) in [5.41, 5.74) is 4.44. The Hall–Kier alpha value is -3.52. The normalized spacial score (nSPS) is 15.1. The van der Waals surface area contributed by atoms with Gasteiger partial charge in [0.2, 0.25) is 5.76 Å². The molecule has 0 radical (unpaired) electrons. The highest BCUT2D eigenvalue weighted by Gasteiger charge is 2.25. The van der Waals surface area contributed by atoms with Gasteiger partial charge in [0.15, 0.2) is 0 Å². The monoisotopic (exact) mass is 518 g/mol. The van der Waals surface area contributed by atoms with E-state index >= 15 is 0 Å². The summed E-state index contributed by atoms with van der Waals surface area (Å²) in [5, 5.41) is 4.13. The third-order valence-electron chi connectivity index (χ3n) is 6.78. The number of nitrogens with zero attached hydrogens (tertiary/aromatic N) is 4. The largest absolute Gasteiger partial charge is 0.375 e. The lowest BCUT2D eigenvalue weighted by Gasteiger charge is -2.29. The van der Waals surface area contributed by atoms with Gasteiger partial charge in [0, 0.05) is 50.9 Å². The zero-order valence-electron chi connectivity index (χ0n) is 22.7. The van der Waals surface area contributed by atoms with Gasteiger partial charge in [0.1, 0.15) is 6.61 Å². The summed E-state index contributed by atoms with van der Waals surface area (Å²) in [5.74, 6) is 0.395. The molecule has 2 amide bonds. The molecule has 0 spiro atoms. The van der Waals surface area contributed by atoms with E-state index in [0.29, 0.717) is 25.6 Å². The Bertz CT molecular complexity index is 1210. The number of methoxy groups -OCH3 is 1. The van der Waals surface area contributed by atoms with E-state index in [1.54, 1.807) is 12.3 Å². The van der Waals surface area contributed by atoms with Gasteiger partial charge in [-0.05, 0) is 60.1 Å². The van der Waals surface area contributed by atoms with Crippen molar-refractivity contribution >= 4 is 17.5 Å². The Morgan fingerprint density at radius 3 is 2.55 bits per heavy atom. The maximum absolute atomic E-state index is 13.7. The van der Waals surface area contributed by atoms with Crippen molar-refractivity contribution in [3.63, 3.8) is 0 Å². The van der Waals surface area contributed by atoms with E-state index in [2.05, 4.69) is 30.1 Å². The van der Waals surface area contributed by atoms with Crippen molar-refractivity contribution in [2.45, 2.75) is 58.9 Å². The molecule has 2 aromatic heterocycles. The minimum absolute atomic E-state index is 0.00311. The topological polar surface area (TPSA) is 88.8 Å². The first-order valence-corrected chi connectivity index (χ1v) is 13.5. The first-order valence-electron chi connectivity index (χ1n) is 13.5. The molecule has 0 N–H and O–H groups in total. The predicted molar refractivity (Wildman–Crippen MR) is 147 cm³/mol. The van der Waals surface area contributed by atoms with Gasteiger partial charge in [-0.1, -0.05) is 50.4 Å². The molecule has 0 aliphatic carbocycles. The number of rotatable bonds is 6. The van der Waals surface area contributed by atoms with Crippen LogP contribution in [0.15, 0.2) is 53.3 Å². The molecular formula is C30H38N4O4. The zero-order valence-corrected chi connectivity index (χ0v) is 22.7. The molecule has 8 heteroatoms. The molecule has 1 aromatic carbocycles. The summed E-state index contributed by atoms with van der Waals surface area (Å²) >= 11 is 0. The lowest BCUT2D eigenvalue weighted by molar-refractivity contribution is -0.122. The summed E-state index contributed by atoms with van der Waals surface area (Å²) in [6.07, 6.45) is 9.24. The Morgan fingerprint density at radius 2 is 1.82 bits per heavy atom. The maximum atomic E-state index is 13.7. The third-order valence-corrected chi connectivity index (χ3v) is 6.78. The van der Waals surface area contributed by atoms with Crippen molar-refractivity contribution in [3.8, 4) is 11.1 Å². The van der Waals surface area contributed by atoms with Crippen LogP contribution in [0.25, 0.3) is 11.1 Å². The molecule has 0 unspecified atom stereocenters. The first-order chi connectivity index (χ1) is 18.5. The molecule has 0 bridgehead atoms. The highest BCUT2D eigenvalue weighted by molar-refractivity contribution is 5.96. The highest BCUT2D eigenvalue weighted by Crippen LogP contribution is 2.30. The van der Waals surface area contributed by atoms with Crippen molar-refractivity contribution in [2.75, 3.05) is 31.7 Å². The number of carbonyl (C=O) groups excluding carboxylic acids is 2. The fraction of sp³-hybridized carbons (Fsp3) is 0.467. The molecule has 0 atom stereocenters. The number of amides is 2. The van der Waals surface area contributed by atoms with Crippen LogP contribution >= 0.6 is 0 Å². The lowest BCUT2D eigenvalue weighted by Crippen LogP contribution is -2.37. The first kappa shape index (κ1) is 27.5. The van der Waals surface area contributed by atoms with Crippen LogP contribution in [0.5, 0.6) is 0 Å². The van der Waals surface area contributed by atoms with E-state index in [0.717, 1.165) is 66.6 Å². The molecule has 4 rings (SSSR count). The van der Waals surface area contributed by atoms with Crippen molar-refractivity contribution in [1.29, 1.82) is 0 Å². The zero-order chi connectivity index (χ0) is 26.9. The van der Waals surface area contributed by atoms with Crippen LogP contribution in [-0.4, -0.2) is 53.7 Å². The Morgan fingerprint density at radius 1 is 1.03 bits per heavy atom. The molecule has 1 aliphatic rings. The highest BCUT2D eigenvalue weighted by atomic mass is 16.5. The van der Waals surface area contributed by atoms with E-state index in [4.69, 9.17) is 9.26 Å². The van der Waals surface area contributed by atoms with Gasteiger partial charge in [-0.2, -0.15) is 0 Å². The van der Waals surface area contributed by atoms with Gasteiger partial charge in [-0.15, -0.1) is 0 Å². The quantitative estimate of drug-likeness (QED) is 0.427. The fourth-order valence-electron chi connectivity index (χ4n) is 4.91. The van der Waals surface area contributed by atoms with E-state index in [1.165, 1.54) is 7.11 Å². The van der Waals surface area contributed by atoms with Crippen molar-refractivity contribution in [1.82, 2.24) is 15.0 Å². The van der Waals surface area contributed by atoms with Crippen molar-refractivity contribution in [2.24, 2.45) is 5.92 Å². The molecule has 202 valence electrons. The minimum Gasteiger partial charge on any atom is -0.375 e. The van der Waals surface area contributed by atoms with E-state index in [-0.39, 0.29) is 24.2 Å². The summed E-state index contributed by atoms with van der Waals surface area (Å²) in [6, 6.07) is 11.7. The minimum atomic E-state index is -0.183. The van der Waals surface area contributed by atoms with Crippen molar-refractivity contribution in [3.05, 3.63) is 65.8 Å². The summed E-state index contributed by atoms with van der Waals surface area (Å²) < 4.78 is 10.7. The molecule has 8 nitrogen and oxygen atoms in total. The van der Waals surface area contributed by atoms with E-state index in [1.807, 2.05) is 40.3 Å². The molecule has 3 heterocycles. The van der Waals surface area contributed by atoms with Crippen molar-refractivity contribution < 1.29 is 18.8 Å². The van der Waals surface area contributed by atoms with Gasteiger partial charge in [-0.25, -0.2) is 0 Å². The second-order valence-electron chi connectivity index (χ2n) is 10.3. The molecule has 38 heavy (non-hydrogen) atoms.